The fourth-order valence-corrected chi connectivity index (χ4v) is 6.12. The van der Waals surface area contributed by atoms with Crippen LogP contribution in [0.4, 0.5) is 0 Å². The zero-order valence-electron chi connectivity index (χ0n) is 22.2. The quantitative estimate of drug-likeness (QED) is 0.408. The van der Waals surface area contributed by atoms with Crippen LogP contribution in [-0.4, -0.2) is 59.7 Å². The molecule has 0 saturated carbocycles. The van der Waals surface area contributed by atoms with Crippen molar-refractivity contribution in [3.8, 4) is 5.75 Å². The van der Waals surface area contributed by atoms with E-state index in [0.717, 1.165) is 75.4 Å². The fraction of sp³-hybridized carbons (Fsp3) is 0.406. The Morgan fingerprint density at radius 1 is 1.05 bits per heavy atom. The van der Waals surface area contributed by atoms with Crippen LogP contribution in [0.5, 0.6) is 5.75 Å². The minimum atomic E-state index is 0.134. The van der Waals surface area contributed by atoms with Crippen molar-refractivity contribution < 1.29 is 9.53 Å². The van der Waals surface area contributed by atoms with Crippen molar-refractivity contribution in [1.29, 1.82) is 0 Å². The highest BCUT2D eigenvalue weighted by Crippen LogP contribution is 2.32. The lowest BCUT2D eigenvalue weighted by Crippen LogP contribution is -2.44. The number of likely N-dealkylation sites (tertiary alicyclic amines) is 1. The zero-order chi connectivity index (χ0) is 25.9. The maximum Gasteiger partial charge on any atom is 0.272 e. The summed E-state index contributed by atoms with van der Waals surface area (Å²) in [6.45, 7) is 4.66. The fourth-order valence-electron chi connectivity index (χ4n) is 6.12. The second-order valence-corrected chi connectivity index (χ2v) is 11.0. The van der Waals surface area contributed by atoms with Gasteiger partial charge in [-0.3, -0.25) is 19.7 Å². The number of hydrogen-bond acceptors (Lipinski definition) is 5. The van der Waals surface area contributed by atoms with Crippen molar-refractivity contribution >= 4 is 22.5 Å². The van der Waals surface area contributed by atoms with Crippen LogP contribution in [0, 0.1) is 5.92 Å². The van der Waals surface area contributed by atoms with E-state index in [0.29, 0.717) is 12.5 Å². The van der Waals surface area contributed by atoms with Gasteiger partial charge >= 0.3 is 0 Å². The number of amides is 1. The van der Waals surface area contributed by atoms with Gasteiger partial charge in [-0.15, -0.1) is 0 Å². The van der Waals surface area contributed by atoms with Crippen LogP contribution < -0.4 is 4.74 Å². The van der Waals surface area contributed by atoms with E-state index in [4.69, 9.17) is 4.74 Å². The van der Waals surface area contributed by atoms with Crippen LogP contribution in [0.1, 0.15) is 43.2 Å². The molecule has 2 aliphatic heterocycles. The van der Waals surface area contributed by atoms with Gasteiger partial charge in [-0.2, -0.15) is 0 Å². The number of aromatic nitrogens is 1. The van der Waals surface area contributed by atoms with E-state index in [9.17, 15) is 4.79 Å². The monoisotopic (exact) mass is 508 g/mol. The van der Waals surface area contributed by atoms with Gasteiger partial charge in [-0.1, -0.05) is 24.3 Å². The molecule has 6 rings (SSSR count). The average Bonchev–Trinajstić information content (AvgIpc) is 3.56. The largest absolute Gasteiger partial charge is 0.493 e. The predicted molar refractivity (Wildman–Crippen MR) is 151 cm³/mol. The number of carbonyl (C=O) groups excluding carboxylic acids is 1. The average molecular weight is 509 g/mol. The first kappa shape index (κ1) is 24.8. The Balaban J connectivity index is 1.02. The number of rotatable bonds is 8. The molecule has 0 N–H and O–H groups in total. The summed E-state index contributed by atoms with van der Waals surface area (Å²) in [5, 5.41) is 1.17. The first-order chi connectivity index (χ1) is 18.6. The molecule has 196 valence electrons. The highest BCUT2D eigenvalue weighted by Gasteiger charge is 2.33. The Labute approximate surface area is 225 Å². The Morgan fingerprint density at radius 2 is 1.95 bits per heavy atom. The normalized spacial score (nSPS) is 19.3. The van der Waals surface area contributed by atoms with Gasteiger partial charge in [-0.05, 0) is 91.8 Å². The van der Waals surface area contributed by atoms with Gasteiger partial charge in [-0.25, -0.2) is 0 Å². The van der Waals surface area contributed by atoms with E-state index in [1.807, 2.05) is 23.2 Å². The number of aliphatic imine (C=N–C) groups is 1. The third-order valence-electron chi connectivity index (χ3n) is 8.01. The topological polar surface area (TPSA) is 58.0 Å². The van der Waals surface area contributed by atoms with Gasteiger partial charge in [0.05, 0.1) is 18.7 Å². The number of pyridine rings is 1. The SMILES string of the molecule is CN(Cc1cccc(OCC2CCCN(C(=O)C3=NCC4=C3CCC4)C2)c1)Cc1ccc2ncccc2c1. The van der Waals surface area contributed by atoms with E-state index in [-0.39, 0.29) is 5.91 Å². The number of hydrogen-bond donors (Lipinski definition) is 0. The molecule has 0 spiro atoms. The van der Waals surface area contributed by atoms with Gasteiger partial charge in [0.2, 0.25) is 0 Å². The van der Waals surface area contributed by atoms with Gasteiger partial charge in [0, 0.05) is 43.7 Å². The molecule has 0 bridgehead atoms. The van der Waals surface area contributed by atoms with Crippen LogP contribution in [-0.2, 0) is 17.9 Å². The lowest BCUT2D eigenvalue weighted by Gasteiger charge is -2.33. The van der Waals surface area contributed by atoms with Crippen molar-refractivity contribution in [3.63, 3.8) is 0 Å². The van der Waals surface area contributed by atoms with Crippen LogP contribution in [0.3, 0.4) is 0 Å². The van der Waals surface area contributed by atoms with Gasteiger partial charge in [0.1, 0.15) is 11.5 Å². The minimum absolute atomic E-state index is 0.134. The van der Waals surface area contributed by atoms with Crippen molar-refractivity contribution in [1.82, 2.24) is 14.8 Å². The molecule has 6 nitrogen and oxygen atoms in total. The summed E-state index contributed by atoms with van der Waals surface area (Å²) in [5.41, 5.74) is 6.92. The molecule has 3 aromatic rings. The third kappa shape index (κ3) is 5.51. The molecule has 3 aliphatic rings. The summed E-state index contributed by atoms with van der Waals surface area (Å²) in [7, 11) is 2.15. The summed E-state index contributed by atoms with van der Waals surface area (Å²) >= 11 is 0. The Hall–Kier alpha value is -3.51. The molecule has 38 heavy (non-hydrogen) atoms. The van der Waals surface area contributed by atoms with Crippen molar-refractivity contribution in [2.24, 2.45) is 10.9 Å². The molecule has 1 amide bonds. The van der Waals surface area contributed by atoms with Crippen LogP contribution in [0.15, 0.2) is 76.9 Å². The van der Waals surface area contributed by atoms with Crippen molar-refractivity contribution in [2.75, 3.05) is 33.3 Å². The maximum absolute atomic E-state index is 13.2. The highest BCUT2D eigenvalue weighted by molar-refractivity contribution is 6.46. The molecule has 1 unspecified atom stereocenters. The van der Waals surface area contributed by atoms with Crippen LogP contribution in [0.2, 0.25) is 0 Å². The highest BCUT2D eigenvalue weighted by atomic mass is 16.5. The zero-order valence-corrected chi connectivity index (χ0v) is 22.2. The molecule has 0 radical (unpaired) electrons. The smallest absolute Gasteiger partial charge is 0.272 e. The van der Waals surface area contributed by atoms with E-state index >= 15 is 0 Å². The number of piperidine rings is 1. The van der Waals surface area contributed by atoms with Crippen LogP contribution in [0.25, 0.3) is 10.9 Å². The van der Waals surface area contributed by atoms with E-state index in [1.54, 1.807) is 0 Å². The molecule has 1 saturated heterocycles. The standard InChI is InChI=1S/C32H36N4O2/c1-35(20-24-12-13-30-26(16-24)9-4-14-33-30)19-23-6-2-10-28(17-23)38-22-25-7-5-15-36(21-25)32(37)31-29-11-3-8-27(29)18-34-31/h2,4,6,9-10,12-14,16-17,25H,3,5,7-8,11,15,18-22H2,1H3. The second kappa shape index (κ2) is 11.1. The summed E-state index contributed by atoms with van der Waals surface area (Å²) in [6, 6.07) is 19.0. The summed E-state index contributed by atoms with van der Waals surface area (Å²) < 4.78 is 6.25. The summed E-state index contributed by atoms with van der Waals surface area (Å²) in [4.78, 5) is 26.6. The molecule has 1 aromatic heterocycles. The number of carbonyl (C=O) groups is 1. The molecule has 2 aromatic carbocycles. The Kier molecular flexibility index (Phi) is 7.23. The number of ether oxygens (including phenoxy) is 1. The lowest BCUT2D eigenvalue weighted by atomic mass is 9.97. The van der Waals surface area contributed by atoms with Crippen molar-refractivity contribution in [3.05, 3.63) is 83.1 Å². The van der Waals surface area contributed by atoms with E-state index in [1.165, 1.54) is 34.1 Å². The van der Waals surface area contributed by atoms with Gasteiger partial charge in [0.15, 0.2) is 0 Å². The Morgan fingerprint density at radius 3 is 2.87 bits per heavy atom. The van der Waals surface area contributed by atoms with Crippen LogP contribution >= 0.6 is 0 Å². The van der Waals surface area contributed by atoms with E-state index in [2.05, 4.69) is 64.4 Å². The first-order valence-electron chi connectivity index (χ1n) is 13.9. The molecule has 1 fully saturated rings. The number of fused-ring (bicyclic) bond motifs is 1. The Bertz CT molecular complexity index is 1390. The van der Waals surface area contributed by atoms with E-state index < -0.39 is 0 Å². The molecule has 1 aliphatic carbocycles. The summed E-state index contributed by atoms with van der Waals surface area (Å²) in [6.07, 6.45) is 7.25. The predicted octanol–water partition coefficient (Wildman–Crippen LogP) is 5.42. The van der Waals surface area contributed by atoms with Gasteiger partial charge < -0.3 is 9.64 Å². The second-order valence-electron chi connectivity index (χ2n) is 11.0. The molecule has 1 atom stereocenters. The lowest BCUT2D eigenvalue weighted by molar-refractivity contribution is -0.126. The molecular formula is C32H36N4O2. The van der Waals surface area contributed by atoms with Gasteiger partial charge in [0.25, 0.3) is 5.91 Å². The maximum atomic E-state index is 13.2. The summed E-state index contributed by atoms with van der Waals surface area (Å²) in [5.74, 6) is 1.38. The third-order valence-corrected chi connectivity index (χ3v) is 8.01. The van der Waals surface area contributed by atoms with Crippen molar-refractivity contribution in [2.45, 2.75) is 45.2 Å². The molecule has 6 heteroatoms. The minimum Gasteiger partial charge on any atom is -0.493 e. The molecular weight excluding hydrogens is 472 g/mol. The number of benzene rings is 2. The first-order valence-corrected chi connectivity index (χ1v) is 13.9. The number of nitrogens with zero attached hydrogens (tertiary/aromatic N) is 4. The molecule has 3 heterocycles.